The number of hydrogen-bond acceptors (Lipinski definition) is 6. The molecule has 1 atom stereocenters. The van der Waals surface area contributed by atoms with Crippen LogP contribution in [0.3, 0.4) is 0 Å². The summed E-state index contributed by atoms with van der Waals surface area (Å²) >= 11 is 1.50. The topological polar surface area (TPSA) is 64.6 Å². The second kappa shape index (κ2) is 8.79. The Labute approximate surface area is 176 Å². The molecule has 6 nitrogen and oxygen atoms in total. The molecule has 0 saturated carbocycles. The fraction of sp³-hybridized carbons (Fsp3) is 0.591. The smallest absolute Gasteiger partial charge is 0.265 e. The van der Waals surface area contributed by atoms with E-state index in [-0.39, 0.29) is 11.5 Å². The van der Waals surface area contributed by atoms with Crippen molar-refractivity contribution in [3.8, 4) is 5.75 Å². The summed E-state index contributed by atoms with van der Waals surface area (Å²) in [6, 6.07) is 3.79. The number of likely N-dealkylation sites (tertiary alicyclic amines) is 1. The number of carbonyl (C=O) groups is 1. The van der Waals surface area contributed by atoms with Crippen molar-refractivity contribution in [3.05, 3.63) is 40.1 Å². The van der Waals surface area contributed by atoms with Crippen molar-refractivity contribution in [1.82, 2.24) is 14.9 Å². The molecule has 2 saturated heterocycles. The maximum atomic E-state index is 12.9. The number of pyridine rings is 1. The van der Waals surface area contributed by atoms with Gasteiger partial charge in [0, 0.05) is 32.1 Å². The number of ether oxygens (including phenoxy) is 2. The molecule has 0 N–H and O–H groups in total. The molecule has 0 aliphatic carbocycles. The molecule has 2 aromatic rings. The standard InChI is InChI=1S/C22H29N3O3S/c1-16-20(29-17(2)24-16)21(26)25-11-7-22(8-12-25)15-18(6-14-28-22)5-13-27-19-3-9-23-10-4-19/h3-4,9-10,18H,5-8,11-15H2,1-2H3. The van der Waals surface area contributed by atoms with Gasteiger partial charge in [-0.1, -0.05) is 0 Å². The van der Waals surface area contributed by atoms with Crippen LogP contribution in [0.1, 0.15) is 52.5 Å². The molecule has 0 radical (unpaired) electrons. The van der Waals surface area contributed by atoms with Crippen molar-refractivity contribution in [1.29, 1.82) is 0 Å². The molecular formula is C22H29N3O3S. The van der Waals surface area contributed by atoms with Crippen molar-refractivity contribution in [2.45, 2.75) is 51.6 Å². The van der Waals surface area contributed by atoms with Crippen molar-refractivity contribution in [2.24, 2.45) is 5.92 Å². The number of piperidine rings is 1. The number of amides is 1. The van der Waals surface area contributed by atoms with Crippen LogP contribution in [0.2, 0.25) is 0 Å². The van der Waals surface area contributed by atoms with E-state index in [4.69, 9.17) is 9.47 Å². The highest BCUT2D eigenvalue weighted by atomic mass is 32.1. The molecule has 1 spiro atoms. The monoisotopic (exact) mass is 415 g/mol. The van der Waals surface area contributed by atoms with E-state index >= 15 is 0 Å². The lowest BCUT2D eigenvalue weighted by Crippen LogP contribution is -2.50. The molecule has 29 heavy (non-hydrogen) atoms. The van der Waals surface area contributed by atoms with Gasteiger partial charge in [-0.15, -0.1) is 11.3 Å². The number of aromatic nitrogens is 2. The van der Waals surface area contributed by atoms with Gasteiger partial charge in [0.25, 0.3) is 5.91 Å². The Morgan fingerprint density at radius 3 is 2.76 bits per heavy atom. The van der Waals surface area contributed by atoms with Gasteiger partial charge in [-0.2, -0.15) is 0 Å². The first-order valence-corrected chi connectivity index (χ1v) is 11.3. The van der Waals surface area contributed by atoms with E-state index in [9.17, 15) is 4.79 Å². The lowest BCUT2D eigenvalue weighted by Gasteiger charge is -2.46. The Hall–Kier alpha value is -1.99. The minimum atomic E-state index is -0.0744. The number of nitrogens with zero attached hydrogens (tertiary/aromatic N) is 3. The molecule has 1 unspecified atom stereocenters. The lowest BCUT2D eigenvalue weighted by atomic mass is 9.78. The van der Waals surface area contributed by atoms with Gasteiger partial charge in [0.2, 0.25) is 0 Å². The van der Waals surface area contributed by atoms with Crippen LogP contribution >= 0.6 is 11.3 Å². The Balaban J connectivity index is 1.28. The number of carbonyl (C=O) groups excluding carboxylic acids is 1. The molecule has 2 aliphatic rings. The van der Waals surface area contributed by atoms with Gasteiger partial charge in [-0.3, -0.25) is 9.78 Å². The minimum absolute atomic E-state index is 0.0744. The summed E-state index contributed by atoms with van der Waals surface area (Å²) in [5.74, 6) is 1.61. The molecule has 2 aliphatic heterocycles. The Kier molecular flexibility index (Phi) is 6.15. The quantitative estimate of drug-likeness (QED) is 0.738. The Morgan fingerprint density at radius 1 is 1.31 bits per heavy atom. The largest absolute Gasteiger partial charge is 0.493 e. The minimum Gasteiger partial charge on any atom is -0.493 e. The molecule has 0 aromatic carbocycles. The summed E-state index contributed by atoms with van der Waals surface area (Å²) in [6.07, 6.45) is 8.52. The highest BCUT2D eigenvalue weighted by Crippen LogP contribution is 2.39. The second-order valence-corrected chi connectivity index (χ2v) is 9.35. The number of aryl methyl sites for hydroxylation is 2. The van der Waals surface area contributed by atoms with Crippen molar-refractivity contribution in [3.63, 3.8) is 0 Å². The van der Waals surface area contributed by atoms with E-state index < -0.39 is 0 Å². The normalized spacial score (nSPS) is 21.3. The van der Waals surface area contributed by atoms with Crippen LogP contribution in [0, 0.1) is 19.8 Å². The molecule has 2 fully saturated rings. The summed E-state index contributed by atoms with van der Waals surface area (Å²) in [7, 11) is 0. The first-order chi connectivity index (χ1) is 14.0. The molecule has 2 aromatic heterocycles. The van der Waals surface area contributed by atoms with Gasteiger partial charge in [0.15, 0.2) is 0 Å². The van der Waals surface area contributed by atoms with E-state index in [2.05, 4.69) is 9.97 Å². The summed E-state index contributed by atoms with van der Waals surface area (Å²) < 4.78 is 12.1. The SMILES string of the molecule is Cc1nc(C)c(C(=O)N2CCC3(CC2)CC(CCOc2ccncc2)CCO3)s1. The first kappa shape index (κ1) is 20.3. The van der Waals surface area contributed by atoms with E-state index in [1.165, 1.54) is 11.3 Å². The zero-order chi connectivity index (χ0) is 20.3. The van der Waals surface area contributed by atoms with E-state index in [0.717, 1.165) is 79.7 Å². The predicted molar refractivity (Wildman–Crippen MR) is 112 cm³/mol. The van der Waals surface area contributed by atoms with E-state index in [1.807, 2.05) is 30.9 Å². The number of thiazole rings is 1. The lowest BCUT2D eigenvalue weighted by molar-refractivity contribution is -0.125. The van der Waals surface area contributed by atoms with E-state index in [1.54, 1.807) is 12.4 Å². The maximum absolute atomic E-state index is 12.9. The van der Waals surface area contributed by atoms with Gasteiger partial charge in [0.1, 0.15) is 10.6 Å². The maximum Gasteiger partial charge on any atom is 0.265 e. The first-order valence-electron chi connectivity index (χ1n) is 10.4. The van der Waals surface area contributed by atoms with Gasteiger partial charge >= 0.3 is 0 Å². The summed E-state index contributed by atoms with van der Waals surface area (Å²) in [4.78, 5) is 24.1. The van der Waals surface area contributed by atoms with Crippen LogP contribution < -0.4 is 4.74 Å². The van der Waals surface area contributed by atoms with Crippen LogP contribution in [0.4, 0.5) is 0 Å². The van der Waals surface area contributed by atoms with Gasteiger partial charge in [-0.25, -0.2) is 4.98 Å². The average Bonchev–Trinajstić information content (AvgIpc) is 3.07. The second-order valence-electron chi connectivity index (χ2n) is 8.15. The third kappa shape index (κ3) is 4.78. The third-order valence-electron chi connectivity index (χ3n) is 6.10. The fourth-order valence-electron chi connectivity index (χ4n) is 4.49. The van der Waals surface area contributed by atoms with Gasteiger partial charge < -0.3 is 14.4 Å². The molecule has 4 rings (SSSR count). The number of hydrogen-bond donors (Lipinski definition) is 0. The van der Waals surface area contributed by atoms with Crippen LogP contribution in [-0.2, 0) is 4.74 Å². The van der Waals surface area contributed by atoms with Crippen molar-refractivity contribution in [2.75, 3.05) is 26.3 Å². The van der Waals surface area contributed by atoms with E-state index in [0.29, 0.717) is 5.92 Å². The van der Waals surface area contributed by atoms with Crippen LogP contribution in [-0.4, -0.2) is 52.7 Å². The highest BCUT2D eigenvalue weighted by Gasteiger charge is 2.41. The molecule has 1 amide bonds. The molecule has 7 heteroatoms. The molecule has 0 bridgehead atoms. The van der Waals surface area contributed by atoms with Crippen molar-refractivity contribution >= 4 is 17.2 Å². The Bertz CT molecular complexity index is 831. The molecular weight excluding hydrogens is 386 g/mol. The van der Waals surface area contributed by atoms with Crippen LogP contribution in [0.5, 0.6) is 5.75 Å². The van der Waals surface area contributed by atoms with Crippen LogP contribution in [0.15, 0.2) is 24.5 Å². The average molecular weight is 416 g/mol. The van der Waals surface area contributed by atoms with Crippen molar-refractivity contribution < 1.29 is 14.3 Å². The molecule has 4 heterocycles. The van der Waals surface area contributed by atoms with Crippen LogP contribution in [0.25, 0.3) is 0 Å². The fourth-order valence-corrected chi connectivity index (χ4v) is 5.38. The van der Waals surface area contributed by atoms with Gasteiger partial charge in [-0.05, 0) is 64.0 Å². The molecule has 156 valence electrons. The zero-order valence-electron chi connectivity index (χ0n) is 17.2. The highest BCUT2D eigenvalue weighted by molar-refractivity contribution is 7.13. The summed E-state index contributed by atoms with van der Waals surface area (Å²) in [5, 5.41) is 0.951. The summed E-state index contributed by atoms with van der Waals surface area (Å²) in [5.41, 5.74) is 0.774. The Morgan fingerprint density at radius 2 is 2.07 bits per heavy atom. The van der Waals surface area contributed by atoms with Gasteiger partial charge in [0.05, 0.1) is 22.9 Å². The zero-order valence-corrected chi connectivity index (χ0v) is 18.0. The predicted octanol–water partition coefficient (Wildman–Crippen LogP) is 4.03. The third-order valence-corrected chi connectivity index (χ3v) is 7.16. The number of rotatable bonds is 5. The summed E-state index contributed by atoms with van der Waals surface area (Å²) in [6.45, 7) is 6.92.